The summed E-state index contributed by atoms with van der Waals surface area (Å²) in [5.74, 6) is -0.129. The zero-order valence-electron chi connectivity index (χ0n) is 9.58. The molecule has 0 aliphatic carbocycles. The molecule has 0 aromatic carbocycles. The summed E-state index contributed by atoms with van der Waals surface area (Å²) >= 11 is 5.89. The van der Waals surface area contributed by atoms with Crippen LogP contribution >= 0.6 is 11.6 Å². The van der Waals surface area contributed by atoms with Crippen LogP contribution in [0.1, 0.15) is 29.6 Å². The van der Waals surface area contributed by atoms with Gasteiger partial charge in [-0.25, -0.2) is 0 Å². The molecule has 1 aromatic rings. The van der Waals surface area contributed by atoms with Gasteiger partial charge in [-0.3, -0.25) is 9.78 Å². The Balaban J connectivity index is 1.79. The van der Waals surface area contributed by atoms with Crippen LogP contribution in [0.15, 0.2) is 18.5 Å². The van der Waals surface area contributed by atoms with Crippen LogP contribution < -0.4 is 10.6 Å². The second-order valence-electron chi connectivity index (χ2n) is 4.19. The predicted octanol–water partition coefficient (Wildman–Crippen LogP) is 1.61. The van der Waals surface area contributed by atoms with E-state index in [0.29, 0.717) is 23.2 Å². The molecule has 5 heteroatoms. The lowest BCUT2D eigenvalue weighted by Crippen LogP contribution is -2.30. The molecule has 2 N–H and O–H groups in total. The van der Waals surface area contributed by atoms with Crippen molar-refractivity contribution >= 4 is 17.5 Å². The lowest BCUT2D eigenvalue weighted by Gasteiger charge is -2.11. The van der Waals surface area contributed by atoms with Gasteiger partial charge in [-0.2, -0.15) is 0 Å². The maximum atomic E-state index is 11.8. The largest absolute Gasteiger partial charge is 0.352 e. The van der Waals surface area contributed by atoms with Gasteiger partial charge in [0.05, 0.1) is 10.6 Å². The van der Waals surface area contributed by atoms with Crippen molar-refractivity contribution in [3.05, 3.63) is 29.0 Å². The molecule has 2 rings (SSSR count). The number of carbonyl (C=O) groups excluding carboxylic acids is 1. The van der Waals surface area contributed by atoms with E-state index in [4.69, 9.17) is 11.6 Å². The zero-order valence-corrected chi connectivity index (χ0v) is 10.3. The van der Waals surface area contributed by atoms with Crippen molar-refractivity contribution in [2.75, 3.05) is 13.1 Å². The van der Waals surface area contributed by atoms with Crippen molar-refractivity contribution in [2.24, 2.45) is 0 Å². The Labute approximate surface area is 106 Å². The van der Waals surface area contributed by atoms with Gasteiger partial charge in [0, 0.05) is 25.0 Å². The van der Waals surface area contributed by atoms with Crippen molar-refractivity contribution in [2.45, 2.75) is 25.3 Å². The molecule has 17 heavy (non-hydrogen) atoms. The van der Waals surface area contributed by atoms with Gasteiger partial charge in [-0.15, -0.1) is 0 Å². The average molecular weight is 254 g/mol. The molecule has 0 unspecified atom stereocenters. The second-order valence-corrected chi connectivity index (χ2v) is 4.60. The summed E-state index contributed by atoms with van der Waals surface area (Å²) in [6.45, 7) is 1.77. The lowest BCUT2D eigenvalue weighted by atomic mass is 10.1. The molecule has 92 valence electrons. The summed E-state index contributed by atoms with van der Waals surface area (Å²) in [4.78, 5) is 15.6. The fraction of sp³-hybridized carbons (Fsp3) is 0.500. The van der Waals surface area contributed by atoms with Gasteiger partial charge in [-0.05, 0) is 31.9 Å². The highest BCUT2D eigenvalue weighted by Crippen LogP contribution is 2.13. The van der Waals surface area contributed by atoms with E-state index in [-0.39, 0.29) is 5.91 Å². The van der Waals surface area contributed by atoms with Gasteiger partial charge >= 0.3 is 0 Å². The first-order valence-electron chi connectivity index (χ1n) is 5.88. The van der Waals surface area contributed by atoms with Crippen LogP contribution in [-0.2, 0) is 0 Å². The summed E-state index contributed by atoms with van der Waals surface area (Å²) in [6.07, 6.45) is 6.45. The Morgan fingerprint density at radius 3 is 3.24 bits per heavy atom. The molecule has 1 aliphatic rings. The van der Waals surface area contributed by atoms with Crippen molar-refractivity contribution in [3.8, 4) is 0 Å². The fourth-order valence-corrected chi connectivity index (χ4v) is 2.22. The van der Waals surface area contributed by atoms with Crippen LogP contribution in [-0.4, -0.2) is 30.0 Å². The number of nitrogens with one attached hydrogen (secondary N) is 2. The topological polar surface area (TPSA) is 54.0 Å². The molecule has 0 saturated carbocycles. The Kier molecular flexibility index (Phi) is 4.34. The Morgan fingerprint density at radius 1 is 1.65 bits per heavy atom. The Bertz CT molecular complexity index is 391. The van der Waals surface area contributed by atoms with Gasteiger partial charge in [0.25, 0.3) is 5.91 Å². The van der Waals surface area contributed by atoms with Crippen LogP contribution in [0.3, 0.4) is 0 Å². The minimum Gasteiger partial charge on any atom is -0.352 e. The van der Waals surface area contributed by atoms with E-state index in [1.807, 2.05) is 0 Å². The quantitative estimate of drug-likeness (QED) is 0.857. The summed E-state index contributed by atoms with van der Waals surface area (Å²) < 4.78 is 0. The molecular formula is C12H16ClN3O. The van der Waals surface area contributed by atoms with Crippen molar-refractivity contribution in [1.29, 1.82) is 0 Å². The molecule has 1 atom stereocenters. The molecule has 2 heterocycles. The molecule has 1 fully saturated rings. The number of nitrogens with zero attached hydrogens (tertiary/aromatic N) is 1. The first-order valence-corrected chi connectivity index (χ1v) is 6.26. The number of hydrogen-bond donors (Lipinski definition) is 2. The second kappa shape index (κ2) is 5.98. The van der Waals surface area contributed by atoms with E-state index in [2.05, 4.69) is 15.6 Å². The van der Waals surface area contributed by atoms with Gasteiger partial charge in [-0.1, -0.05) is 11.6 Å². The highest BCUT2D eigenvalue weighted by Gasteiger charge is 2.14. The maximum Gasteiger partial charge on any atom is 0.252 e. The number of pyridine rings is 1. The smallest absolute Gasteiger partial charge is 0.252 e. The molecule has 1 amide bonds. The first kappa shape index (κ1) is 12.3. The minimum absolute atomic E-state index is 0.129. The van der Waals surface area contributed by atoms with Crippen LogP contribution in [0.25, 0.3) is 0 Å². The summed E-state index contributed by atoms with van der Waals surface area (Å²) in [5, 5.41) is 6.66. The summed E-state index contributed by atoms with van der Waals surface area (Å²) in [6, 6.07) is 2.18. The highest BCUT2D eigenvalue weighted by molar-refractivity contribution is 6.33. The van der Waals surface area contributed by atoms with Gasteiger partial charge < -0.3 is 10.6 Å². The van der Waals surface area contributed by atoms with E-state index in [1.165, 1.54) is 19.0 Å². The summed E-state index contributed by atoms with van der Waals surface area (Å²) in [7, 11) is 0. The molecule has 1 saturated heterocycles. The SMILES string of the molecule is O=C(NCC[C@@H]1CCCN1)c1ccncc1Cl. The third-order valence-electron chi connectivity index (χ3n) is 2.96. The number of rotatable bonds is 4. The third-order valence-corrected chi connectivity index (χ3v) is 3.26. The molecule has 1 aromatic heterocycles. The van der Waals surface area contributed by atoms with Crippen LogP contribution in [0.2, 0.25) is 5.02 Å². The third kappa shape index (κ3) is 3.41. The van der Waals surface area contributed by atoms with Crippen molar-refractivity contribution < 1.29 is 4.79 Å². The molecule has 4 nitrogen and oxygen atoms in total. The Morgan fingerprint density at radius 2 is 2.53 bits per heavy atom. The van der Waals surface area contributed by atoms with E-state index in [1.54, 1.807) is 12.3 Å². The predicted molar refractivity (Wildman–Crippen MR) is 67.2 cm³/mol. The first-order chi connectivity index (χ1) is 8.27. The molecule has 0 spiro atoms. The van der Waals surface area contributed by atoms with Gasteiger partial charge in [0.1, 0.15) is 0 Å². The van der Waals surface area contributed by atoms with E-state index in [9.17, 15) is 4.79 Å². The molecule has 0 radical (unpaired) electrons. The normalized spacial score (nSPS) is 19.2. The average Bonchev–Trinajstić information content (AvgIpc) is 2.82. The molecular weight excluding hydrogens is 238 g/mol. The number of hydrogen-bond acceptors (Lipinski definition) is 3. The monoisotopic (exact) mass is 253 g/mol. The number of carbonyl (C=O) groups is 1. The van der Waals surface area contributed by atoms with Crippen LogP contribution in [0.5, 0.6) is 0 Å². The highest BCUT2D eigenvalue weighted by atomic mass is 35.5. The van der Waals surface area contributed by atoms with E-state index >= 15 is 0 Å². The minimum atomic E-state index is -0.129. The van der Waals surface area contributed by atoms with E-state index in [0.717, 1.165) is 13.0 Å². The maximum absolute atomic E-state index is 11.8. The summed E-state index contributed by atoms with van der Waals surface area (Å²) in [5.41, 5.74) is 0.487. The van der Waals surface area contributed by atoms with Crippen LogP contribution in [0, 0.1) is 0 Å². The number of halogens is 1. The van der Waals surface area contributed by atoms with E-state index < -0.39 is 0 Å². The van der Waals surface area contributed by atoms with Crippen molar-refractivity contribution in [1.82, 2.24) is 15.6 Å². The number of amides is 1. The zero-order chi connectivity index (χ0) is 12.1. The Hall–Kier alpha value is -1.13. The van der Waals surface area contributed by atoms with Gasteiger partial charge in [0.2, 0.25) is 0 Å². The van der Waals surface area contributed by atoms with Crippen molar-refractivity contribution in [3.63, 3.8) is 0 Å². The number of aromatic nitrogens is 1. The van der Waals surface area contributed by atoms with Crippen LogP contribution in [0.4, 0.5) is 0 Å². The van der Waals surface area contributed by atoms with Gasteiger partial charge in [0.15, 0.2) is 0 Å². The lowest BCUT2D eigenvalue weighted by molar-refractivity contribution is 0.0952. The standard InChI is InChI=1S/C12H16ClN3O/c13-11-8-14-6-4-10(11)12(17)16-7-3-9-2-1-5-15-9/h4,6,8-9,15H,1-3,5,7H2,(H,16,17)/t9-/m0/s1. The molecule has 0 bridgehead atoms. The molecule has 1 aliphatic heterocycles. The fourth-order valence-electron chi connectivity index (χ4n) is 2.02.